The summed E-state index contributed by atoms with van der Waals surface area (Å²) in [7, 11) is 0. The van der Waals surface area contributed by atoms with Crippen molar-refractivity contribution in [2.24, 2.45) is 0 Å². The number of rotatable bonds is 6. The van der Waals surface area contributed by atoms with Gasteiger partial charge in [-0.1, -0.05) is 35.7 Å². The van der Waals surface area contributed by atoms with Crippen LogP contribution in [-0.2, 0) is 9.59 Å². The second kappa shape index (κ2) is 7.98. The molecule has 0 atom stereocenters. The van der Waals surface area contributed by atoms with Crippen molar-refractivity contribution in [2.45, 2.75) is 18.9 Å². The van der Waals surface area contributed by atoms with E-state index < -0.39 is 0 Å². The van der Waals surface area contributed by atoms with Gasteiger partial charge < -0.3 is 5.32 Å². The van der Waals surface area contributed by atoms with E-state index in [-0.39, 0.29) is 17.6 Å². The number of nitrogens with one attached hydrogen (secondary N) is 1. The summed E-state index contributed by atoms with van der Waals surface area (Å²) < 4.78 is 0.584. The van der Waals surface area contributed by atoms with Crippen LogP contribution in [0.5, 0.6) is 0 Å². The largest absolute Gasteiger partial charge is 0.354 e. The lowest BCUT2D eigenvalue weighted by atomic mass is 10.2. The van der Waals surface area contributed by atoms with Gasteiger partial charge in [-0.25, -0.2) is 9.97 Å². The van der Waals surface area contributed by atoms with Crippen LogP contribution in [-0.4, -0.2) is 55.6 Å². The molecule has 2 aromatic heterocycles. The molecule has 0 spiro atoms. The Morgan fingerprint density at radius 3 is 2.96 bits per heavy atom. The molecule has 0 unspecified atom stereocenters. The molecule has 1 N–H and O–H groups in total. The minimum absolute atomic E-state index is 0.00491. The molecular weight excluding hydrogens is 396 g/mol. The first-order valence-corrected chi connectivity index (χ1v) is 10.7. The molecule has 1 fully saturated rings. The Morgan fingerprint density at radius 2 is 2.24 bits per heavy atom. The first kappa shape index (κ1) is 18.6. The fraction of sp³-hybridized carbons (Fsp3) is 0.400. The molecule has 1 saturated heterocycles. The number of carbonyl (C=O) groups is 2. The van der Waals surface area contributed by atoms with Crippen LogP contribution >= 0.6 is 47.1 Å². The van der Waals surface area contributed by atoms with Crippen molar-refractivity contribution in [2.75, 3.05) is 24.6 Å². The number of aryl methyl sites for hydroxylation is 2. The Kier molecular flexibility index (Phi) is 5.92. The van der Waals surface area contributed by atoms with Crippen LogP contribution < -0.4 is 5.32 Å². The molecule has 0 aromatic carbocycles. The van der Waals surface area contributed by atoms with E-state index >= 15 is 0 Å². The number of thiophene rings is 1. The van der Waals surface area contributed by atoms with E-state index in [1.807, 2.05) is 0 Å². The highest BCUT2D eigenvalue weighted by Crippen LogP contribution is 2.34. The van der Waals surface area contributed by atoms with Crippen LogP contribution in [0.25, 0.3) is 10.2 Å². The van der Waals surface area contributed by atoms with E-state index in [1.54, 1.807) is 16.2 Å². The highest BCUT2D eigenvalue weighted by Gasteiger charge is 2.25. The average Bonchev–Trinajstić information content (AvgIpc) is 3.06. The molecule has 25 heavy (non-hydrogen) atoms. The summed E-state index contributed by atoms with van der Waals surface area (Å²) in [4.78, 5) is 36.0. The minimum Gasteiger partial charge on any atom is -0.354 e. The Morgan fingerprint density at radius 1 is 1.44 bits per heavy atom. The van der Waals surface area contributed by atoms with Crippen molar-refractivity contribution < 1.29 is 9.59 Å². The summed E-state index contributed by atoms with van der Waals surface area (Å²) in [5, 5.41) is 4.69. The maximum atomic E-state index is 12.1. The number of hydrogen-bond acceptors (Lipinski definition) is 8. The zero-order valence-electron chi connectivity index (χ0n) is 13.7. The fourth-order valence-corrected chi connectivity index (χ4v) is 5.42. The van der Waals surface area contributed by atoms with Gasteiger partial charge in [-0.3, -0.25) is 14.5 Å². The van der Waals surface area contributed by atoms with Gasteiger partial charge in [0, 0.05) is 23.4 Å². The number of hydrogen-bond donors (Lipinski definition) is 1. The SMILES string of the molecule is Cc1sc2ncnc(SCC(=O)NCCN3C(=O)CSC3=S)c2c1C. The predicted molar refractivity (Wildman–Crippen MR) is 107 cm³/mol. The van der Waals surface area contributed by atoms with Crippen molar-refractivity contribution >= 4 is 73.4 Å². The first-order chi connectivity index (χ1) is 12.0. The standard InChI is InChI=1S/C15H16N4O2S4/c1-8-9(2)25-14-12(8)13(17-7-18-14)23-5-10(20)16-3-4-19-11(21)6-24-15(19)22/h7H,3-6H2,1-2H3,(H,16,20). The lowest BCUT2D eigenvalue weighted by Crippen LogP contribution is -2.37. The molecule has 0 radical (unpaired) electrons. The Labute approximate surface area is 163 Å². The molecule has 1 aliphatic rings. The third-order valence-electron chi connectivity index (χ3n) is 3.77. The van der Waals surface area contributed by atoms with Crippen LogP contribution in [0, 0.1) is 13.8 Å². The molecular formula is C15H16N4O2S4. The van der Waals surface area contributed by atoms with Crippen LogP contribution in [0.3, 0.4) is 0 Å². The van der Waals surface area contributed by atoms with Crippen molar-refractivity contribution in [1.82, 2.24) is 20.2 Å². The van der Waals surface area contributed by atoms with Crippen LogP contribution in [0.1, 0.15) is 10.4 Å². The van der Waals surface area contributed by atoms with E-state index in [0.29, 0.717) is 23.2 Å². The van der Waals surface area contributed by atoms with Gasteiger partial charge in [-0.2, -0.15) is 0 Å². The highest BCUT2D eigenvalue weighted by atomic mass is 32.2. The Bertz CT molecular complexity index is 835. The lowest BCUT2D eigenvalue weighted by Gasteiger charge is -2.15. The fourth-order valence-electron chi connectivity index (χ4n) is 2.35. The van der Waals surface area contributed by atoms with E-state index in [0.717, 1.165) is 15.2 Å². The van der Waals surface area contributed by atoms with Crippen molar-refractivity contribution in [3.8, 4) is 0 Å². The number of thiocarbonyl (C=S) groups is 1. The Balaban J connectivity index is 1.53. The zero-order chi connectivity index (χ0) is 18.0. The molecule has 0 saturated carbocycles. The van der Waals surface area contributed by atoms with Gasteiger partial charge in [-0.05, 0) is 19.4 Å². The number of fused-ring (bicyclic) bond motifs is 1. The second-order valence-electron chi connectivity index (χ2n) is 5.38. The van der Waals surface area contributed by atoms with Crippen LogP contribution in [0.2, 0.25) is 0 Å². The summed E-state index contributed by atoms with van der Waals surface area (Å²) in [6.45, 7) is 4.92. The molecule has 1 aliphatic heterocycles. The van der Waals surface area contributed by atoms with E-state index in [2.05, 4.69) is 29.1 Å². The van der Waals surface area contributed by atoms with Crippen LogP contribution in [0.15, 0.2) is 11.4 Å². The number of thioether (sulfide) groups is 2. The van der Waals surface area contributed by atoms with Gasteiger partial charge >= 0.3 is 0 Å². The zero-order valence-corrected chi connectivity index (χ0v) is 17.0. The molecule has 3 heterocycles. The van der Waals surface area contributed by atoms with Crippen molar-refractivity contribution in [3.63, 3.8) is 0 Å². The summed E-state index contributed by atoms with van der Waals surface area (Å²) >= 11 is 9.51. The maximum Gasteiger partial charge on any atom is 0.238 e. The number of aromatic nitrogens is 2. The van der Waals surface area contributed by atoms with Crippen molar-refractivity contribution in [3.05, 3.63) is 16.8 Å². The summed E-state index contributed by atoms with van der Waals surface area (Å²) in [6.07, 6.45) is 1.54. The highest BCUT2D eigenvalue weighted by molar-refractivity contribution is 8.23. The van der Waals surface area contributed by atoms with Crippen LogP contribution in [0.4, 0.5) is 0 Å². The molecule has 2 amide bonds. The van der Waals surface area contributed by atoms with Gasteiger partial charge in [0.2, 0.25) is 11.8 Å². The molecule has 132 valence electrons. The molecule has 0 bridgehead atoms. The number of nitrogens with zero attached hydrogens (tertiary/aromatic N) is 3. The number of carbonyl (C=O) groups excluding carboxylic acids is 2. The molecule has 3 rings (SSSR count). The average molecular weight is 413 g/mol. The maximum absolute atomic E-state index is 12.1. The normalized spacial score (nSPS) is 14.6. The summed E-state index contributed by atoms with van der Waals surface area (Å²) in [6, 6.07) is 0. The quantitative estimate of drug-likeness (QED) is 0.443. The van der Waals surface area contributed by atoms with E-state index in [1.165, 1.54) is 40.3 Å². The van der Waals surface area contributed by atoms with Gasteiger partial charge in [-0.15, -0.1) is 11.3 Å². The van der Waals surface area contributed by atoms with E-state index in [4.69, 9.17) is 12.2 Å². The van der Waals surface area contributed by atoms with Gasteiger partial charge in [0.05, 0.1) is 11.5 Å². The molecule has 6 nitrogen and oxygen atoms in total. The first-order valence-electron chi connectivity index (χ1n) is 7.54. The molecule has 10 heteroatoms. The topological polar surface area (TPSA) is 75.2 Å². The molecule has 0 aliphatic carbocycles. The van der Waals surface area contributed by atoms with Gasteiger partial charge in [0.15, 0.2) is 0 Å². The smallest absolute Gasteiger partial charge is 0.238 e. The third kappa shape index (κ3) is 4.13. The lowest BCUT2D eigenvalue weighted by molar-refractivity contribution is -0.124. The van der Waals surface area contributed by atoms with E-state index in [9.17, 15) is 9.59 Å². The minimum atomic E-state index is -0.0911. The van der Waals surface area contributed by atoms with Gasteiger partial charge in [0.25, 0.3) is 0 Å². The van der Waals surface area contributed by atoms with Gasteiger partial charge in [0.1, 0.15) is 20.5 Å². The third-order valence-corrected chi connectivity index (χ3v) is 7.31. The number of amides is 2. The molecule has 2 aromatic rings. The van der Waals surface area contributed by atoms with Crippen molar-refractivity contribution in [1.29, 1.82) is 0 Å². The predicted octanol–water partition coefficient (Wildman–Crippen LogP) is 2.38. The summed E-state index contributed by atoms with van der Waals surface area (Å²) in [5.74, 6) is 0.580. The Hall–Kier alpha value is -1.23. The summed E-state index contributed by atoms with van der Waals surface area (Å²) in [5.41, 5.74) is 1.17. The second-order valence-corrected chi connectivity index (χ2v) is 9.16. The monoisotopic (exact) mass is 412 g/mol.